The summed E-state index contributed by atoms with van der Waals surface area (Å²) in [6.07, 6.45) is 0.970. The van der Waals surface area contributed by atoms with Crippen LogP contribution >= 0.6 is 0 Å². The van der Waals surface area contributed by atoms with E-state index < -0.39 is 4.92 Å². The van der Waals surface area contributed by atoms with Gasteiger partial charge in [-0.1, -0.05) is 0 Å². The van der Waals surface area contributed by atoms with Crippen molar-refractivity contribution in [2.45, 2.75) is 6.42 Å². The molecule has 6 nitrogen and oxygen atoms in total. The summed E-state index contributed by atoms with van der Waals surface area (Å²) in [5.74, 6) is 0.516. The van der Waals surface area contributed by atoms with Crippen molar-refractivity contribution < 1.29 is 19.2 Å². The zero-order valence-electron chi connectivity index (χ0n) is 8.71. The number of rotatable bonds is 6. The molecular weight excluding hydrogens is 214 g/mol. The van der Waals surface area contributed by atoms with Gasteiger partial charge in [0.2, 0.25) is 0 Å². The topological polar surface area (TPSA) is 78.7 Å². The van der Waals surface area contributed by atoms with E-state index in [1.807, 2.05) is 0 Å². The maximum Gasteiger partial charge on any atom is 0.314 e. The predicted molar refractivity (Wildman–Crippen MR) is 55.8 cm³/mol. The molecular formula is C10H11NO5. The van der Waals surface area contributed by atoms with Crippen LogP contribution in [0.1, 0.15) is 6.42 Å². The lowest BCUT2D eigenvalue weighted by Gasteiger charge is -2.05. The van der Waals surface area contributed by atoms with E-state index in [9.17, 15) is 14.9 Å². The lowest BCUT2D eigenvalue weighted by molar-refractivity contribution is -0.385. The van der Waals surface area contributed by atoms with Gasteiger partial charge in [0.05, 0.1) is 24.7 Å². The first-order chi connectivity index (χ1) is 7.69. The van der Waals surface area contributed by atoms with Crippen LogP contribution in [0.3, 0.4) is 0 Å². The highest BCUT2D eigenvalue weighted by molar-refractivity contribution is 5.51. The molecule has 16 heavy (non-hydrogen) atoms. The van der Waals surface area contributed by atoms with Gasteiger partial charge < -0.3 is 14.3 Å². The Kier molecular flexibility index (Phi) is 4.26. The van der Waals surface area contributed by atoms with Crippen LogP contribution in [0.5, 0.6) is 11.5 Å². The molecule has 0 aliphatic heterocycles. The number of hydrogen-bond acceptors (Lipinski definition) is 5. The standard InChI is InChI=1S/C10H11NO5/c1-15-10-4-3-8(16-6-2-5-12)7-9(10)11(13)14/h3-5,7H,2,6H2,1H3. The van der Waals surface area contributed by atoms with Crippen molar-refractivity contribution in [3.63, 3.8) is 0 Å². The number of carbonyl (C=O) groups excluding carboxylic acids is 1. The number of hydrogen-bond donors (Lipinski definition) is 0. The predicted octanol–water partition coefficient (Wildman–Crippen LogP) is 1.57. The summed E-state index contributed by atoms with van der Waals surface area (Å²) in [6, 6.07) is 4.27. The molecule has 1 aromatic carbocycles. The van der Waals surface area contributed by atoms with Crippen molar-refractivity contribution in [2.75, 3.05) is 13.7 Å². The summed E-state index contributed by atoms with van der Waals surface area (Å²) < 4.78 is 9.98. The van der Waals surface area contributed by atoms with Crippen LogP contribution in [0.15, 0.2) is 18.2 Å². The molecule has 0 aliphatic rings. The van der Waals surface area contributed by atoms with E-state index in [0.717, 1.165) is 6.29 Å². The Balaban J connectivity index is 2.84. The van der Waals surface area contributed by atoms with Crippen molar-refractivity contribution in [3.8, 4) is 11.5 Å². The number of nitro benzene ring substituents is 1. The molecule has 0 spiro atoms. The van der Waals surface area contributed by atoms with Gasteiger partial charge in [-0.05, 0) is 12.1 Å². The van der Waals surface area contributed by atoms with Gasteiger partial charge in [0.1, 0.15) is 12.0 Å². The molecule has 0 amide bonds. The molecule has 0 saturated heterocycles. The zero-order valence-corrected chi connectivity index (χ0v) is 8.71. The lowest BCUT2D eigenvalue weighted by Crippen LogP contribution is -1.99. The van der Waals surface area contributed by atoms with Gasteiger partial charge in [-0.3, -0.25) is 10.1 Å². The van der Waals surface area contributed by atoms with Crippen LogP contribution in [0.2, 0.25) is 0 Å². The van der Waals surface area contributed by atoms with Crippen LogP contribution in [-0.4, -0.2) is 24.9 Å². The highest BCUT2D eigenvalue weighted by atomic mass is 16.6. The number of methoxy groups -OCH3 is 1. The summed E-state index contributed by atoms with van der Waals surface area (Å²) in [4.78, 5) is 20.2. The van der Waals surface area contributed by atoms with Crippen LogP contribution in [0, 0.1) is 10.1 Å². The Bertz CT molecular complexity index is 391. The fraction of sp³-hybridized carbons (Fsp3) is 0.300. The molecule has 0 aliphatic carbocycles. The van der Waals surface area contributed by atoms with Gasteiger partial charge in [0, 0.05) is 6.42 Å². The minimum atomic E-state index is -0.550. The average Bonchev–Trinajstić information content (AvgIpc) is 2.29. The van der Waals surface area contributed by atoms with Gasteiger partial charge in [-0.2, -0.15) is 0 Å². The van der Waals surface area contributed by atoms with Gasteiger partial charge in [-0.25, -0.2) is 0 Å². The molecule has 0 radical (unpaired) electrons. The fourth-order valence-electron chi connectivity index (χ4n) is 1.13. The highest BCUT2D eigenvalue weighted by Crippen LogP contribution is 2.30. The van der Waals surface area contributed by atoms with E-state index in [4.69, 9.17) is 9.47 Å². The van der Waals surface area contributed by atoms with Crippen LogP contribution in [0.4, 0.5) is 5.69 Å². The number of nitro groups is 1. The number of carbonyl (C=O) groups is 1. The summed E-state index contributed by atoms with van der Waals surface area (Å²) in [5, 5.41) is 10.7. The van der Waals surface area contributed by atoms with E-state index in [2.05, 4.69) is 0 Å². The third-order valence-electron chi connectivity index (χ3n) is 1.85. The normalized spacial score (nSPS) is 9.56. The first-order valence-electron chi connectivity index (χ1n) is 4.58. The van der Waals surface area contributed by atoms with Gasteiger partial charge in [0.15, 0.2) is 5.75 Å². The summed E-state index contributed by atoms with van der Waals surface area (Å²) >= 11 is 0. The number of nitrogens with zero attached hydrogens (tertiary/aromatic N) is 1. The molecule has 86 valence electrons. The Labute approximate surface area is 91.9 Å². The van der Waals surface area contributed by atoms with Gasteiger partial charge in [-0.15, -0.1) is 0 Å². The van der Waals surface area contributed by atoms with E-state index in [0.29, 0.717) is 5.75 Å². The summed E-state index contributed by atoms with van der Waals surface area (Å²) in [6.45, 7) is 0.201. The first-order valence-corrected chi connectivity index (χ1v) is 4.58. The van der Waals surface area contributed by atoms with Crippen LogP contribution < -0.4 is 9.47 Å². The Morgan fingerprint density at radius 3 is 2.81 bits per heavy atom. The van der Waals surface area contributed by atoms with E-state index in [-0.39, 0.29) is 24.5 Å². The minimum Gasteiger partial charge on any atom is -0.493 e. The van der Waals surface area contributed by atoms with E-state index in [1.165, 1.54) is 19.2 Å². The average molecular weight is 225 g/mol. The van der Waals surface area contributed by atoms with Crippen molar-refractivity contribution >= 4 is 12.0 Å². The fourth-order valence-corrected chi connectivity index (χ4v) is 1.13. The summed E-state index contributed by atoms with van der Waals surface area (Å²) in [5.41, 5.74) is -0.161. The van der Waals surface area contributed by atoms with Crippen molar-refractivity contribution in [1.82, 2.24) is 0 Å². The maximum absolute atomic E-state index is 10.7. The summed E-state index contributed by atoms with van der Waals surface area (Å²) in [7, 11) is 1.36. The van der Waals surface area contributed by atoms with Crippen LogP contribution in [0.25, 0.3) is 0 Å². The van der Waals surface area contributed by atoms with Crippen molar-refractivity contribution in [1.29, 1.82) is 0 Å². The second-order valence-corrected chi connectivity index (χ2v) is 2.89. The molecule has 1 rings (SSSR count). The van der Waals surface area contributed by atoms with Gasteiger partial charge >= 0.3 is 5.69 Å². The second kappa shape index (κ2) is 5.69. The molecule has 0 atom stereocenters. The molecule has 6 heteroatoms. The maximum atomic E-state index is 10.7. The Morgan fingerprint density at radius 2 is 2.25 bits per heavy atom. The van der Waals surface area contributed by atoms with E-state index >= 15 is 0 Å². The van der Waals surface area contributed by atoms with E-state index in [1.54, 1.807) is 6.07 Å². The zero-order chi connectivity index (χ0) is 12.0. The lowest BCUT2D eigenvalue weighted by atomic mass is 10.3. The first kappa shape index (κ1) is 12.0. The monoisotopic (exact) mass is 225 g/mol. The molecule has 0 aromatic heterocycles. The molecule has 0 fully saturated rings. The third-order valence-corrected chi connectivity index (χ3v) is 1.85. The largest absolute Gasteiger partial charge is 0.493 e. The molecule has 0 heterocycles. The highest BCUT2D eigenvalue weighted by Gasteiger charge is 2.15. The SMILES string of the molecule is COc1ccc(OCCC=O)cc1[N+](=O)[O-]. The molecule has 1 aromatic rings. The number of aldehydes is 1. The molecule has 0 saturated carbocycles. The number of ether oxygens (including phenoxy) is 2. The molecule has 0 unspecified atom stereocenters. The smallest absolute Gasteiger partial charge is 0.314 e. The minimum absolute atomic E-state index is 0.161. The van der Waals surface area contributed by atoms with Crippen molar-refractivity contribution in [2.24, 2.45) is 0 Å². The second-order valence-electron chi connectivity index (χ2n) is 2.89. The van der Waals surface area contributed by atoms with Crippen molar-refractivity contribution in [3.05, 3.63) is 28.3 Å². The molecule has 0 bridgehead atoms. The third kappa shape index (κ3) is 2.94. The Hall–Kier alpha value is -2.11. The quantitative estimate of drug-likeness (QED) is 0.318. The number of benzene rings is 1. The van der Waals surface area contributed by atoms with Gasteiger partial charge in [0.25, 0.3) is 0 Å². The molecule has 0 N–H and O–H groups in total. The van der Waals surface area contributed by atoms with Crippen LogP contribution in [-0.2, 0) is 4.79 Å². The Morgan fingerprint density at radius 1 is 1.50 bits per heavy atom.